The van der Waals surface area contributed by atoms with Gasteiger partial charge < -0.3 is 20.3 Å². The van der Waals surface area contributed by atoms with E-state index in [1.807, 2.05) is 0 Å². The number of nitrogens with zero attached hydrogens (tertiary/aromatic N) is 2. The maximum Gasteiger partial charge on any atom is 0.243 e. The quantitative estimate of drug-likeness (QED) is 0.511. The van der Waals surface area contributed by atoms with Crippen LogP contribution in [0.15, 0.2) is 4.99 Å². The molecule has 2 aliphatic rings. The van der Waals surface area contributed by atoms with E-state index in [1.165, 1.54) is 38.5 Å². The highest BCUT2D eigenvalue weighted by molar-refractivity contribution is 5.84. The molecule has 1 heterocycles. The predicted molar refractivity (Wildman–Crippen MR) is 106 cm³/mol. The van der Waals surface area contributed by atoms with Gasteiger partial charge in [0, 0.05) is 39.2 Å². The molecule has 1 saturated carbocycles. The number of guanidine groups is 1. The fourth-order valence-corrected chi connectivity index (χ4v) is 3.69. The Labute approximate surface area is 159 Å². The molecule has 2 rings (SSSR count). The Morgan fingerprint density at radius 1 is 1.19 bits per heavy atom. The summed E-state index contributed by atoms with van der Waals surface area (Å²) < 4.78 is 5.44. The summed E-state index contributed by atoms with van der Waals surface area (Å²) in [7, 11) is 3.53. The molecular weight excluding hydrogens is 328 g/mol. The molecular formula is C20H38N4O2. The van der Waals surface area contributed by atoms with Crippen LogP contribution in [0.25, 0.3) is 0 Å². The van der Waals surface area contributed by atoms with E-state index in [0.29, 0.717) is 12.0 Å². The third kappa shape index (κ3) is 7.94. The molecule has 6 nitrogen and oxygen atoms in total. The van der Waals surface area contributed by atoms with E-state index in [2.05, 4.69) is 22.5 Å². The fraction of sp³-hybridized carbons (Fsp3) is 0.900. The van der Waals surface area contributed by atoms with Crippen molar-refractivity contribution < 1.29 is 9.53 Å². The Kier molecular flexibility index (Phi) is 9.23. The van der Waals surface area contributed by atoms with Gasteiger partial charge >= 0.3 is 0 Å². The van der Waals surface area contributed by atoms with Crippen molar-refractivity contribution in [3.8, 4) is 0 Å². The summed E-state index contributed by atoms with van der Waals surface area (Å²) in [5.41, 5.74) is 0. The van der Waals surface area contributed by atoms with Gasteiger partial charge in [-0.3, -0.25) is 4.79 Å². The van der Waals surface area contributed by atoms with Gasteiger partial charge in [-0.25, -0.2) is 4.99 Å². The van der Waals surface area contributed by atoms with E-state index in [1.54, 1.807) is 19.0 Å². The summed E-state index contributed by atoms with van der Waals surface area (Å²) in [4.78, 5) is 18.0. The van der Waals surface area contributed by atoms with E-state index < -0.39 is 0 Å². The van der Waals surface area contributed by atoms with E-state index in [4.69, 9.17) is 4.74 Å². The first-order chi connectivity index (χ1) is 12.5. The summed E-state index contributed by atoms with van der Waals surface area (Å²) in [5.74, 6) is 2.20. The lowest BCUT2D eigenvalue weighted by molar-refractivity contribution is -0.127. The van der Waals surface area contributed by atoms with E-state index in [-0.39, 0.29) is 12.5 Å². The maximum absolute atomic E-state index is 11.9. The van der Waals surface area contributed by atoms with Crippen molar-refractivity contribution in [1.29, 1.82) is 0 Å². The van der Waals surface area contributed by atoms with Crippen LogP contribution in [-0.4, -0.2) is 63.2 Å². The molecule has 0 aromatic heterocycles. The van der Waals surface area contributed by atoms with Crippen LogP contribution in [0.3, 0.4) is 0 Å². The van der Waals surface area contributed by atoms with Gasteiger partial charge in [-0.15, -0.1) is 0 Å². The predicted octanol–water partition coefficient (Wildman–Crippen LogP) is 2.40. The molecule has 6 heteroatoms. The van der Waals surface area contributed by atoms with Crippen molar-refractivity contribution in [2.75, 3.05) is 40.4 Å². The molecule has 2 unspecified atom stereocenters. The minimum atomic E-state index is 0.0187. The average Bonchev–Trinajstić information content (AvgIpc) is 3.16. The highest BCUT2D eigenvalue weighted by Gasteiger charge is 2.18. The highest BCUT2D eigenvalue weighted by atomic mass is 16.5. The van der Waals surface area contributed by atoms with Crippen LogP contribution < -0.4 is 10.6 Å². The number of ether oxygens (including phenoxy) is 1. The third-order valence-corrected chi connectivity index (χ3v) is 5.57. The van der Waals surface area contributed by atoms with Crippen molar-refractivity contribution in [2.45, 2.75) is 64.3 Å². The van der Waals surface area contributed by atoms with Crippen molar-refractivity contribution in [3.63, 3.8) is 0 Å². The topological polar surface area (TPSA) is 66.0 Å². The number of aliphatic imine (C=N–C) groups is 1. The zero-order chi connectivity index (χ0) is 18.8. The average molecular weight is 367 g/mol. The normalized spacial score (nSPS) is 22.9. The zero-order valence-corrected chi connectivity index (χ0v) is 16.9. The van der Waals surface area contributed by atoms with Gasteiger partial charge in [0.2, 0.25) is 5.91 Å². The van der Waals surface area contributed by atoms with Crippen molar-refractivity contribution in [2.24, 2.45) is 16.8 Å². The molecule has 26 heavy (non-hydrogen) atoms. The Bertz CT molecular complexity index is 441. The molecule has 1 amide bonds. The van der Waals surface area contributed by atoms with Gasteiger partial charge in [0.15, 0.2) is 5.96 Å². The van der Waals surface area contributed by atoms with Crippen molar-refractivity contribution in [1.82, 2.24) is 15.5 Å². The molecule has 0 aromatic rings. The Morgan fingerprint density at radius 2 is 1.96 bits per heavy atom. The van der Waals surface area contributed by atoms with Gasteiger partial charge in [-0.05, 0) is 32.1 Å². The van der Waals surface area contributed by atoms with Gasteiger partial charge in [-0.1, -0.05) is 32.1 Å². The fourth-order valence-electron chi connectivity index (χ4n) is 3.69. The Balaban J connectivity index is 1.79. The molecule has 2 N–H and O–H groups in total. The van der Waals surface area contributed by atoms with E-state index in [9.17, 15) is 4.79 Å². The first-order valence-corrected chi connectivity index (χ1v) is 10.4. The minimum absolute atomic E-state index is 0.0187. The van der Waals surface area contributed by atoms with Gasteiger partial charge in [0.1, 0.15) is 6.54 Å². The molecule has 0 aromatic carbocycles. The third-order valence-electron chi connectivity index (χ3n) is 5.57. The van der Waals surface area contributed by atoms with Crippen LogP contribution in [0.4, 0.5) is 0 Å². The first kappa shape index (κ1) is 21.0. The second-order valence-corrected chi connectivity index (χ2v) is 8.19. The Hall–Kier alpha value is -1.30. The minimum Gasteiger partial charge on any atom is -0.381 e. The lowest BCUT2D eigenvalue weighted by Gasteiger charge is -2.24. The number of nitrogens with one attached hydrogen (secondary N) is 2. The number of rotatable bonds is 8. The van der Waals surface area contributed by atoms with E-state index in [0.717, 1.165) is 44.5 Å². The first-order valence-electron chi connectivity index (χ1n) is 10.4. The summed E-state index contributed by atoms with van der Waals surface area (Å²) >= 11 is 0. The molecule has 1 aliphatic heterocycles. The number of carbonyl (C=O) groups excluding carboxylic acids is 1. The smallest absolute Gasteiger partial charge is 0.243 e. The molecule has 0 spiro atoms. The largest absolute Gasteiger partial charge is 0.381 e. The monoisotopic (exact) mass is 366 g/mol. The molecule has 0 radical (unpaired) electrons. The van der Waals surface area contributed by atoms with Crippen LogP contribution in [-0.2, 0) is 9.53 Å². The van der Waals surface area contributed by atoms with Crippen LogP contribution in [0.1, 0.15) is 58.3 Å². The van der Waals surface area contributed by atoms with Crippen LogP contribution in [0, 0.1) is 11.8 Å². The van der Waals surface area contributed by atoms with Crippen molar-refractivity contribution in [3.05, 3.63) is 0 Å². The lowest BCUT2D eigenvalue weighted by Crippen LogP contribution is -2.44. The highest BCUT2D eigenvalue weighted by Crippen LogP contribution is 2.27. The van der Waals surface area contributed by atoms with Gasteiger partial charge in [0.05, 0.1) is 6.61 Å². The standard InChI is InChI=1S/C20H38N4O2/c1-16(9-10-17-7-5-4-6-8-17)23-20(22-14-19(25)24(2)3)21-13-18-11-12-26-15-18/h16-18H,4-15H2,1-3H3,(H2,21,22,23). The summed E-state index contributed by atoms with van der Waals surface area (Å²) in [6.07, 6.45) is 10.5. The SMILES string of the molecule is CC(CCC1CCCCC1)NC(=NCC(=O)N(C)C)NCC1CCOC1. The molecule has 1 aliphatic carbocycles. The second kappa shape index (κ2) is 11.4. The number of amides is 1. The number of hydrogen-bond acceptors (Lipinski definition) is 3. The van der Waals surface area contributed by atoms with Gasteiger partial charge in [-0.2, -0.15) is 0 Å². The summed E-state index contributed by atoms with van der Waals surface area (Å²) in [5, 5.41) is 6.92. The number of carbonyl (C=O) groups is 1. The second-order valence-electron chi connectivity index (χ2n) is 8.19. The molecule has 0 bridgehead atoms. The zero-order valence-electron chi connectivity index (χ0n) is 16.9. The molecule has 2 atom stereocenters. The maximum atomic E-state index is 11.9. The molecule has 2 fully saturated rings. The molecule has 1 saturated heterocycles. The van der Waals surface area contributed by atoms with Crippen LogP contribution >= 0.6 is 0 Å². The molecule has 150 valence electrons. The number of hydrogen-bond donors (Lipinski definition) is 2. The summed E-state index contributed by atoms with van der Waals surface area (Å²) in [6, 6.07) is 0.359. The van der Waals surface area contributed by atoms with Crippen molar-refractivity contribution >= 4 is 11.9 Å². The van der Waals surface area contributed by atoms with Crippen LogP contribution in [0.2, 0.25) is 0 Å². The van der Waals surface area contributed by atoms with Gasteiger partial charge in [0.25, 0.3) is 0 Å². The lowest BCUT2D eigenvalue weighted by atomic mass is 9.85. The van der Waals surface area contributed by atoms with E-state index >= 15 is 0 Å². The van der Waals surface area contributed by atoms with Crippen LogP contribution in [0.5, 0.6) is 0 Å². The summed E-state index contributed by atoms with van der Waals surface area (Å²) in [6.45, 7) is 4.90. The number of likely N-dealkylation sites (N-methyl/N-ethyl adjacent to an activating group) is 1. The Morgan fingerprint density at radius 3 is 2.62 bits per heavy atom.